The topological polar surface area (TPSA) is 46.2 Å². The minimum absolute atomic E-state index is 0.0795. The van der Waals surface area contributed by atoms with Crippen molar-refractivity contribution in [3.05, 3.63) is 44.8 Å². The van der Waals surface area contributed by atoms with Gasteiger partial charge in [0.25, 0.3) is 0 Å². The van der Waals surface area contributed by atoms with E-state index in [0.29, 0.717) is 5.75 Å². The predicted octanol–water partition coefficient (Wildman–Crippen LogP) is 3.26. The number of nitrogens with one attached hydrogen (secondary N) is 1. The molecule has 3 nitrogen and oxygen atoms in total. The van der Waals surface area contributed by atoms with Crippen molar-refractivity contribution in [2.75, 3.05) is 11.5 Å². The van der Waals surface area contributed by atoms with Crippen molar-refractivity contribution in [2.45, 2.75) is 31.3 Å². The molecule has 2 unspecified atom stereocenters. The monoisotopic (exact) mass is 341 g/mol. The molecule has 0 aliphatic carbocycles. The molecule has 2 atom stereocenters. The van der Waals surface area contributed by atoms with Crippen LogP contribution in [0.2, 0.25) is 0 Å². The fraction of sp³-hybridized carbons (Fsp3) is 0.467. The summed E-state index contributed by atoms with van der Waals surface area (Å²) in [4.78, 5) is 2.62. The standard InChI is InChI=1S/C15H19NO2S3/c17-21(18)9-3-4-12(11-21)16-14(15-6-2-8-20-15)10-13-5-1-7-19-13/h1-2,5-8,12,14,16H,3-4,9-11H2. The molecular formula is C15H19NO2S3. The van der Waals surface area contributed by atoms with Crippen molar-refractivity contribution < 1.29 is 8.42 Å². The molecule has 1 aliphatic rings. The summed E-state index contributed by atoms with van der Waals surface area (Å²) in [6.07, 6.45) is 2.65. The first-order valence-corrected chi connectivity index (χ1v) is 10.7. The molecule has 21 heavy (non-hydrogen) atoms. The van der Waals surface area contributed by atoms with E-state index in [2.05, 4.69) is 40.3 Å². The molecule has 0 saturated carbocycles. The number of hydrogen-bond donors (Lipinski definition) is 1. The highest BCUT2D eigenvalue weighted by Gasteiger charge is 2.27. The fourth-order valence-corrected chi connectivity index (χ4v) is 5.99. The summed E-state index contributed by atoms with van der Waals surface area (Å²) in [7, 11) is -2.86. The summed E-state index contributed by atoms with van der Waals surface area (Å²) in [5, 5.41) is 7.76. The highest BCUT2D eigenvalue weighted by atomic mass is 32.2. The number of thiophene rings is 2. The van der Waals surface area contributed by atoms with Gasteiger partial charge in [-0.15, -0.1) is 22.7 Å². The van der Waals surface area contributed by atoms with Gasteiger partial charge in [-0.2, -0.15) is 0 Å². The molecule has 6 heteroatoms. The van der Waals surface area contributed by atoms with Gasteiger partial charge in [-0.05, 0) is 35.7 Å². The van der Waals surface area contributed by atoms with Gasteiger partial charge in [0.2, 0.25) is 0 Å². The largest absolute Gasteiger partial charge is 0.305 e. The zero-order valence-corrected chi connectivity index (χ0v) is 14.1. The van der Waals surface area contributed by atoms with Crippen LogP contribution in [-0.2, 0) is 16.3 Å². The maximum Gasteiger partial charge on any atom is 0.151 e. The first-order chi connectivity index (χ1) is 10.1. The van der Waals surface area contributed by atoms with Gasteiger partial charge in [0.15, 0.2) is 9.84 Å². The Balaban J connectivity index is 1.73. The average molecular weight is 342 g/mol. The highest BCUT2D eigenvalue weighted by molar-refractivity contribution is 7.91. The Morgan fingerprint density at radius 2 is 2.05 bits per heavy atom. The number of hydrogen-bond acceptors (Lipinski definition) is 5. The van der Waals surface area contributed by atoms with Gasteiger partial charge in [-0.3, -0.25) is 0 Å². The van der Waals surface area contributed by atoms with Crippen molar-refractivity contribution in [1.29, 1.82) is 0 Å². The number of sulfone groups is 1. The van der Waals surface area contributed by atoms with Gasteiger partial charge < -0.3 is 5.32 Å². The quantitative estimate of drug-likeness (QED) is 0.908. The molecule has 0 spiro atoms. The van der Waals surface area contributed by atoms with Crippen LogP contribution in [-0.4, -0.2) is 26.0 Å². The zero-order valence-electron chi connectivity index (χ0n) is 11.7. The molecule has 114 valence electrons. The van der Waals surface area contributed by atoms with Crippen molar-refractivity contribution in [2.24, 2.45) is 0 Å². The van der Waals surface area contributed by atoms with Gasteiger partial charge in [-0.25, -0.2) is 8.42 Å². The van der Waals surface area contributed by atoms with Gasteiger partial charge in [0.05, 0.1) is 11.5 Å². The third-order valence-corrected chi connectivity index (χ3v) is 7.48. The van der Waals surface area contributed by atoms with Crippen LogP contribution < -0.4 is 5.32 Å². The molecule has 3 heterocycles. The van der Waals surface area contributed by atoms with Crippen molar-refractivity contribution in [1.82, 2.24) is 5.32 Å². The first kappa shape index (κ1) is 15.2. The second-order valence-corrected chi connectivity index (χ2v) is 9.71. The predicted molar refractivity (Wildman–Crippen MR) is 89.9 cm³/mol. The summed E-state index contributed by atoms with van der Waals surface area (Å²) >= 11 is 3.49. The summed E-state index contributed by atoms with van der Waals surface area (Å²) < 4.78 is 23.6. The Kier molecular flexibility index (Phi) is 4.78. The van der Waals surface area contributed by atoms with E-state index in [0.717, 1.165) is 19.3 Å². The van der Waals surface area contributed by atoms with Crippen LogP contribution in [0.4, 0.5) is 0 Å². The Hall–Kier alpha value is -0.690. The maximum atomic E-state index is 11.8. The van der Waals surface area contributed by atoms with E-state index >= 15 is 0 Å². The normalized spacial score (nSPS) is 23.0. The summed E-state index contributed by atoms with van der Waals surface area (Å²) in [5.74, 6) is 0.624. The summed E-state index contributed by atoms with van der Waals surface area (Å²) in [6.45, 7) is 0. The molecule has 0 aromatic carbocycles. The van der Waals surface area contributed by atoms with E-state index in [4.69, 9.17) is 0 Å². The average Bonchev–Trinajstić information content (AvgIpc) is 3.10. The molecule has 2 aromatic rings. The highest BCUT2D eigenvalue weighted by Crippen LogP contribution is 2.26. The summed E-state index contributed by atoms with van der Waals surface area (Å²) in [5.41, 5.74) is 0. The first-order valence-electron chi connectivity index (χ1n) is 7.15. The molecule has 0 radical (unpaired) electrons. The van der Waals surface area contributed by atoms with Gasteiger partial charge in [0.1, 0.15) is 0 Å². The van der Waals surface area contributed by atoms with E-state index in [1.54, 1.807) is 22.7 Å². The van der Waals surface area contributed by atoms with Gasteiger partial charge in [-0.1, -0.05) is 12.1 Å². The van der Waals surface area contributed by atoms with E-state index < -0.39 is 9.84 Å². The number of rotatable bonds is 5. The molecule has 1 fully saturated rings. The minimum Gasteiger partial charge on any atom is -0.305 e. The van der Waals surface area contributed by atoms with Gasteiger partial charge >= 0.3 is 0 Å². The molecule has 3 rings (SSSR count). The molecule has 1 saturated heterocycles. The van der Waals surface area contributed by atoms with E-state index in [9.17, 15) is 8.42 Å². The molecule has 1 N–H and O–H groups in total. The van der Waals surface area contributed by atoms with Crippen LogP contribution in [0.1, 0.15) is 28.6 Å². The minimum atomic E-state index is -2.86. The van der Waals surface area contributed by atoms with Crippen molar-refractivity contribution in [3.8, 4) is 0 Å². The molecular weight excluding hydrogens is 322 g/mol. The van der Waals surface area contributed by atoms with Crippen LogP contribution in [0.5, 0.6) is 0 Å². The Labute approximate surface area is 133 Å². The lowest BCUT2D eigenvalue weighted by molar-refractivity contribution is 0.423. The lowest BCUT2D eigenvalue weighted by Crippen LogP contribution is -2.42. The second-order valence-electron chi connectivity index (χ2n) is 5.47. The molecule has 1 aliphatic heterocycles. The Morgan fingerprint density at radius 1 is 1.24 bits per heavy atom. The van der Waals surface area contributed by atoms with Crippen LogP contribution in [0.3, 0.4) is 0 Å². The maximum absolute atomic E-state index is 11.8. The molecule has 0 amide bonds. The van der Waals surface area contributed by atoms with Crippen molar-refractivity contribution >= 4 is 32.5 Å². The van der Waals surface area contributed by atoms with E-state index in [1.165, 1.54) is 9.75 Å². The van der Waals surface area contributed by atoms with E-state index in [-0.39, 0.29) is 17.8 Å². The van der Waals surface area contributed by atoms with Crippen LogP contribution in [0, 0.1) is 0 Å². The van der Waals surface area contributed by atoms with Crippen LogP contribution >= 0.6 is 22.7 Å². The zero-order chi connectivity index (χ0) is 14.7. The summed E-state index contributed by atoms with van der Waals surface area (Å²) in [6, 6.07) is 8.69. The van der Waals surface area contributed by atoms with Crippen molar-refractivity contribution in [3.63, 3.8) is 0 Å². The smallest absolute Gasteiger partial charge is 0.151 e. The Morgan fingerprint density at radius 3 is 2.71 bits per heavy atom. The lowest BCUT2D eigenvalue weighted by atomic mass is 10.1. The van der Waals surface area contributed by atoms with Crippen LogP contribution in [0.15, 0.2) is 35.0 Å². The van der Waals surface area contributed by atoms with Gasteiger partial charge in [0, 0.05) is 28.3 Å². The SMILES string of the molecule is O=S1(=O)CCCC(NC(Cc2cccs2)c2cccs2)C1. The molecule has 2 aromatic heterocycles. The van der Waals surface area contributed by atoms with Crippen LogP contribution in [0.25, 0.3) is 0 Å². The lowest BCUT2D eigenvalue weighted by Gasteiger charge is -2.28. The third kappa shape index (κ3) is 4.16. The molecule has 0 bridgehead atoms. The second kappa shape index (κ2) is 6.60. The fourth-order valence-electron chi connectivity index (χ4n) is 2.80. The third-order valence-electron chi connectivity index (χ3n) is 3.77. The Bertz CT molecular complexity index is 647. The van der Waals surface area contributed by atoms with E-state index in [1.807, 2.05) is 0 Å².